The fourth-order valence-corrected chi connectivity index (χ4v) is 3.55. The zero-order valence-corrected chi connectivity index (χ0v) is 11.0. The van der Waals surface area contributed by atoms with Gasteiger partial charge in [0.05, 0.1) is 11.5 Å². The van der Waals surface area contributed by atoms with E-state index in [1.807, 2.05) is 0 Å². The molecule has 0 saturated heterocycles. The zero-order valence-electron chi connectivity index (χ0n) is 11.0. The van der Waals surface area contributed by atoms with Crippen molar-refractivity contribution in [2.24, 2.45) is 5.41 Å². The van der Waals surface area contributed by atoms with Gasteiger partial charge in [0.1, 0.15) is 0 Å². The molecule has 1 aliphatic carbocycles. The van der Waals surface area contributed by atoms with Gasteiger partial charge in [-0.25, -0.2) is 0 Å². The predicted octanol–water partition coefficient (Wildman–Crippen LogP) is 3.52. The molecule has 1 atom stereocenters. The quantitative estimate of drug-likeness (QED) is 0.790. The first-order chi connectivity index (χ1) is 8.74. The molecule has 1 aromatic carbocycles. The molecule has 1 saturated carbocycles. The number of benzene rings is 1. The molecule has 1 aliphatic heterocycles. The highest BCUT2D eigenvalue weighted by atomic mass is 15.2. The Morgan fingerprint density at radius 3 is 2.78 bits per heavy atom. The summed E-state index contributed by atoms with van der Waals surface area (Å²) in [7, 11) is 0. The third kappa shape index (κ3) is 1.79. The average molecular weight is 240 g/mol. The molecule has 18 heavy (non-hydrogen) atoms. The van der Waals surface area contributed by atoms with Crippen molar-refractivity contribution < 1.29 is 0 Å². The smallest absolute Gasteiger partial charge is 0.0748 e. The van der Waals surface area contributed by atoms with E-state index >= 15 is 0 Å². The Morgan fingerprint density at radius 2 is 2.06 bits per heavy atom. The second-order valence-electron chi connectivity index (χ2n) is 5.91. The minimum Gasteiger partial charge on any atom is -0.367 e. The molecule has 0 spiro atoms. The molecule has 1 unspecified atom stereocenters. The lowest BCUT2D eigenvalue weighted by molar-refractivity contribution is 0.397. The minimum atomic E-state index is -0.0916. The molecule has 1 fully saturated rings. The largest absolute Gasteiger partial charge is 0.367 e. The number of hydrogen-bond acceptors (Lipinski definition) is 2. The third-order valence-electron chi connectivity index (χ3n) is 4.62. The Labute approximate surface area is 109 Å². The van der Waals surface area contributed by atoms with Crippen LogP contribution >= 0.6 is 0 Å². The lowest BCUT2D eigenvalue weighted by Gasteiger charge is -2.32. The van der Waals surface area contributed by atoms with Crippen molar-refractivity contribution in [2.75, 3.05) is 11.4 Å². The summed E-state index contributed by atoms with van der Waals surface area (Å²) >= 11 is 0. The maximum atomic E-state index is 9.53. The molecule has 0 aromatic heterocycles. The predicted molar refractivity (Wildman–Crippen MR) is 73.5 cm³/mol. The molecular formula is C16H20N2. The van der Waals surface area contributed by atoms with Crippen molar-refractivity contribution >= 4 is 5.69 Å². The summed E-state index contributed by atoms with van der Waals surface area (Å²) in [6.45, 7) is 3.20. The third-order valence-corrected chi connectivity index (χ3v) is 4.62. The molecule has 0 bridgehead atoms. The summed E-state index contributed by atoms with van der Waals surface area (Å²) in [5, 5.41) is 9.53. The molecule has 1 aromatic rings. The van der Waals surface area contributed by atoms with Crippen LogP contribution in [0.1, 0.15) is 38.2 Å². The summed E-state index contributed by atoms with van der Waals surface area (Å²) in [4.78, 5) is 2.46. The van der Waals surface area contributed by atoms with Gasteiger partial charge in [0, 0.05) is 18.3 Å². The van der Waals surface area contributed by atoms with E-state index in [0.29, 0.717) is 6.04 Å². The first-order valence-corrected chi connectivity index (χ1v) is 7.00. The fourth-order valence-electron chi connectivity index (χ4n) is 3.55. The van der Waals surface area contributed by atoms with E-state index in [-0.39, 0.29) is 5.41 Å². The Kier molecular flexibility index (Phi) is 2.78. The summed E-state index contributed by atoms with van der Waals surface area (Å²) in [6, 6.07) is 11.8. The highest BCUT2D eigenvalue weighted by Gasteiger charge is 2.38. The van der Waals surface area contributed by atoms with Crippen LogP contribution in [0.5, 0.6) is 0 Å². The lowest BCUT2D eigenvalue weighted by Crippen LogP contribution is -2.38. The SMILES string of the molecule is CC1Cc2ccccc2N1CC1(C#N)CCCC1. The van der Waals surface area contributed by atoms with Crippen LogP contribution in [0.25, 0.3) is 0 Å². The van der Waals surface area contributed by atoms with E-state index in [1.54, 1.807) is 0 Å². The molecule has 1 heterocycles. The highest BCUT2D eigenvalue weighted by molar-refractivity contribution is 5.59. The maximum absolute atomic E-state index is 9.53. The van der Waals surface area contributed by atoms with Crippen molar-refractivity contribution in [3.05, 3.63) is 29.8 Å². The summed E-state index contributed by atoms with van der Waals surface area (Å²) in [5.74, 6) is 0. The van der Waals surface area contributed by atoms with Crippen molar-refractivity contribution in [3.8, 4) is 6.07 Å². The number of anilines is 1. The van der Waals surface area contributed by atoms with Gasteiger partial charge < -0.3 is 4.90 Å². The Hall–Kier alpha value is -1.49. The number of para-hydroxylation sites is 1. The second-order valence-corrected chi connectivity index (χ2v) is 5.91. The molecular weight excluding hydrogens is 220 g/mol. The first kappa shape index (κ1) is 11.6. The van der Waals surface area contributed by atoms with Gasteiger partial charge in [-0.15, -0.1) is 0 Å². The number of rotatable bonds is 2. The fraction of sp³-hybridized carbons (Fsp3) is 0.562. The van der Waals surface area contributed by atoms with E-state index in [4.69, 9.17) is 0 Å². The maximum Gasteiger partial charge on any atom is 0.0748 e. The van der Waals surface area contributed by atoms with Crippen LogP contribution in [0, 0.1) is 16.7 Å². The van der Waals surface area contributed by atoms with Crippen molar-refractivity contribution in [1.29, 1.82) is 5.26 Å². The monoisotopic (exact) mass is 240 g/mol. The van der Waals surface area contributed by atoms with Crippen LogP contribution in [0.3, 0.4) is 0 Å². The summed E-state index contributed by atoms with van der Waals surface area (Å²) in [5.41, 5.74) is 2.70. The van der Waals surface area contributed by atoms with Crippen LogP contribution in [0.4, 0.5) is 5.69 Å². The molecule has 3 rings (SSSR count). The normalized spacial score (nSPS) is 24.9. The topological polar surface area (TPSA) is 27.0 Å². The molecule has 2 heteroatoms. The molecule has 94 valence electrons. The highest BCUT2D eigenvalue weighted by Crippen LogP contribution is 2.42. The van der Waals surface area contributed by atoms with Crippen LogP contribution in [0.2, 0.25) is 0 Å². The van der Waals surface area contributed by atoms with Gasteiger partial charge in [-0.2, -0.15) is 5.26 Å². The van der Waals surface area contributed by atoms with E-state index < -0.39 is 0 Å². The van der Waals surface area contributed by atoms with Crippen LogP contribution < -0.4 is 4.90 Å². The molecule has 0 amide bonds. The van der Waals surface area contributed by atoms with E-state index in [1.165, 1.54) is 24.1 Å². The minimum absolute atomic E-state index is 0.0916. The average Bonchev–Trinajstić information content (AvgIpc) is 2.97. The number of fused-ring (bicyclic) bond motifs is 1. The van der Waals surface area contributed by atoms with Crippen molar-refractivity contribution in [2.45, 2.75) is 45.1 Å². The van der Waals surface area contributed by atoms with Crippen LogP contribution in [0.15, 0.2) is 24.3 Å². The van der Waals surface area contributed by atoms with Gasteiger partial charge in [-0.05, 0) is 37.8 Å². The van der Waals surface area contributed by atoms with Gasteiger partial charge in [0.2, 0.25) is 0 Å². The Bertz CT molecular complexity index is 480. The first-order valence-electron chi connectivity index (χ1n) is 7.00. The van der Waals surface area contributed by atoms with Gasteiger partial charge in [-0.3, -0.25) is 0 Å². The number of hydrogen-bond donors (Lipinski definition) is 0. The second kappa shape index (κ2) is 4.31. The van der Waals surface area contributed by atoms with Gasteiger partial charge in [0.15, 0.2) is 0 Å². The van der Waals surface area contributed by atoms with Crippen LogP contribution in [-0.2, 0) is 6.42 Å². The summed E-state index contributed by atoms with van der Waals surface area (Å²) in [6.07, 6.45) is 5.72. The van der Waals surface area contributed by atoms with Crippen LogP contribution in [-0.4, -0.2) is 12.6 Å². The molecule has 2 aliphatic rings. The zero-order chi connectivity index (χ0) is 12.6. The standard InChI is InChI=1S/C16H20N2/c1-13-10-14-6-2-3-7-15(14)18(13)12-16(11-17)8-4-5-9-16/h2-3,6-7,13H,4-5,8-10,12H2,1H3. The lowest BCUT2D eigenvalue weighted by atomic mass is 9.87. The number of nitriles is 1. The van der Waals surface area contributed by atoms with E-state index in [2.05, 4.69) is 42.2 Å². The Morgan fingerprint density at radius 1 is 1.33 bits per heavy atom. The molecule has 0 radical (unpaired) electrons. The number of nitrogens with zero attached hydrogens (tertiary/aromatic N) is 2. The molecule has 2 nitrogen and oxygen atoms in total. The van der Waals surface area contributed by atoms with Gasteiger partial charge in [0.25, 0.3) is 0 Å². The van der Waals surface area contributed by atoms with Crippen molar-refractivity contribution in [1.82, 2.24) is 0 Å². The van der Waals surface area contributed by atoms with E-state index in [9.17, 15) is 5.26 Å². The van der Waals surface area contributed by atoms with Gasteiger partial charge >= 0.3 is 0 Å². The summed E-state index contributed by atoms with van der Waals surface area (Å²) < 4.78 is 0. The van der Waals surface area contributed by atoms with E-state index in [0.717, 1.165) is 25.8 Å². The molecule has 0 N–H and O–H groups in total. The van der Waals surface area contributed by atoms with Crippen molar-refractivity contribution in [3.63, 3.8) is 0 Å². The van der Waals surface area contributed by atoms with Gasteiger partial charge in [-0.1, -0.05) is 31.0 Å². The Balaban J connectivity index is 1.87.